The molecule has 0 bridgehead atoms. The van der Waals surface area contributed by atoms with Gasteiger partial charge in [0, 0.05) is 12.0 Å². The van der Waals surface area contributed by atoms with Crippen LogP contribution in [0.15, 0.2) is 18.2 Å². The van der Waals surface area contributed by atoms with Crippen LogP contribution in [0.5, 0.6) is 0 Å². The van der Waals surface area contributed by atoms with Crippen molar-refractivity contribution in [3.8, 4) is 0 Å². The van der Waals surface area contributed by atoms with E-state index in [1.165, 1.54) is 12.1 Å². The van der Waals surface area contributed by atoms with E-state index in [1.807, 2.05) is 0 Å². The van der Waals surface area contributed by atoms with Crippen molar-refractivity contribution in [2.45, 2.75) is 26.0 Å². The molecule has 0 saturated heterocycles. The van der Waals surface area contributed by atoms with Gasteiger partial charge in [-0.05, 0) is 17.5 Å². The molecule has 1 aromatic rings. The van der Waals surface area contributed by atoms with Crippen LogP contribution in [-0.4, -0.2) is 16.3 Å². The lowest BCUT2D eigenvalue weighted by molar-refractivity contribution is -0.385. The van der Waals surface area contributed by atoms with Crippen molar-refractivity contribution in [1.29, 1.82) is 0 Å². The average Bonchev–Trinajstić information content (AvgIpc) is 2.19. The number of nitro groups is 1. The molecular weight excluding hydrogens is 227 g/mol. The number of halogens is 1. The summed E-state index contributed by atoms with van der Waals surface area (Å²) >= 11 is 0. The summed E-state index contributed by atoms with van der Waals surface area (Å²) in [4.78, 5) is 9.80. The highest BCUT2D eigenvalue weighted by Gasteiger charge is 2.25. The lowest BCUT2D eigenvalue weighted by Gasteiger charge is -2.24. The van der Waals surface area contributed by atoms with E-state index in [-0.39, 0.29) is 17.2 Å². The van der Waals surface area contributed by atoms with Crippen LogP contribution < -0.4 is 5.73 Å². The second-order valence-electron chi connectivity index (χ2n) is 4.22. The second kappa shape index (κ2) is 5.20. The van der Waals surface area contributed by atoms with E-state index in [1.54, 1.807) is 13.8 Å². The molecule has 17 heavy (non-hydrogen) atoms. The Kier molecular flexibility index (Phi) is 4.14. The largest absolute Gasteiger partial charge is 0.378 e. The first-order chi connectivity index (χ1) is 7.84. The number of hydrogen-bond donors (Lipinski definition) is 2. The summed E-state index contributed by atoms with van der Waals surface area (Å²) in [7, 11) is 0. The molecule has 0 spiro atoms. The van der Waals surface area contributed by atoms with E-state index in [4.69, 9.17) is 5.73 Å². The number of aliphatic hydroxyl groups is 1. The maximum absolute atomic E-state index is 13.7. The molecule has 1 rings (SSSR count). The molecule has 5 nitrogen and oxygen atoms in total. The standard InChI is InChI=1S/C11H15FN2O3/c1-6(2)10(11(13)15)8-4-3-7(14(16)17)5-9(8)12/h3-6,10-11,15H,13H2,1-2H3/t10-,11?/m1/s1. The molecule has 94 valence electrons. The van der Waals surface area contributed by atoms with Gasteiger partial charge in [0.15, 0.2) is 0 Å². The molecule has 0 aliphatic heterocycles. The van der Waals surface area contributed by atoms with Gasteiger partial charge in [-0.3, -0.25) is 10.1 Å². The zero-order valence-electron chi connectivity index (χ0n) is 9.63. The molecule has 0 saturated carbocycles. The van der Waals surface area contributed by atoms with Gasteiger partial charge in [0.25, 0.3) is 5.69 Å². The third kappa shape index (κ3) is 2.98. The zero-order chi connectivity index (χ0) is 13.2. The molecule has 0 radical (unpaired) electrons. The third-order valence-corrected chi connectivity index (χ3v) is 2.64. The third-order valence-electron chi connectivity index (χ3n) is 2.64. The molecule has 0 amide bonds. The van der Waals surface area contributed by atoms with Crippen LogP contribution in [0.1, 0.15) is 25.3 Å². The number of benzene rings is 1. The van der Waals surface area contributed by atoms with Gasteiger partial charge in [0.2, 0.25) is 0 Å². The summed E-state index contributed by atoms with van der Waals surface area (Å²) in [6.45, 7) is 3.59. The average molecular weight is 242 g/mol. The van der Waals surface area contributed by atoms with Gasteiger partial charge in [-0.15, -0.1) is 0 Å². The Morgan fingerprint density at radius 2 is 2.06 bits per heavy atom. The fraction of sp³-hybridized carbons (Fsp3) is 0.455. The van der Waals surface area contributed by atoms with Crippen molar-refractivity contribution in [3.05, 3.63) is 39.7 Å². The minimum Gasteiger partial charge on any atom is -0.378 e. The number of aliphatic hydroxyl groups excluding tert-OH is 1. The lowest BCUT2D eigenvalue weighted by Crippen LogP contribution is -2.31. The van der Waals surface area contributed by atoms with Gasteiger partial charge in [-0.1, -0.05) is 13.8 Å². The van der Waals surface area contributed by atoms with Crippen LogP contribution in [0.4, 0.5) is 10.1 Å². The van der Waals surface area contributed by atoms with Crippen LogP contribution in [0, 0.1) is 21.8 Å². The van der Waals surface area contributed by atoms with Crippen molar-refractivity contribution in [1.82, 2.24) is 0 Å². The van der Waals surface area contributed by atoms with Crippen LogP contribution in [-0.2, 0) is 0 Å². The molecule has 0 fully saturated rings. The quantitative estimate of drug-likeness (QED) is 0.478. The van der Waals surface area contributed by atoms with Gasteiger partial charge < -0.3 is 10.8 Å². The molecule has 0 aliphatic carbocycles. The minimum absolute atomic E-state index is 0.0778. The first kappa shape index (κ1) is 13.5. The predicted octanol–water partition coefficient (Wildman–Crippen LogP) is 1.75. The highest BCUT2D eigenvalue weighted by atomic mass is 19.1. The molecule has 3 N–H and O–H groups in total. The minimum atomic E-state index is -1.20. The number of nitrogens with zero attached hydrogens (tertiary/aromatic N) is 1. The Morgan fingerprint density at radius 3 is 2.41 bits per heavy atom. The number of nitro benzene ring substituents is 1. The first-order valence-corrected chi connectivity index (χ1v) is 5.22. The SMILES string of the molecule is CC(C)[C@H](c1ccc([N+](=O)[O-])cc1F)C(N)O. The molecule has 0 aliphatic rings. The van der Waals surface area contributed by atoms with Gasteiger partial charge in [0.05, 0.1) is 11.0 Å². The van der Waals surface area contributed by atoms with E-state index in [0.717, 1.165) is 6.07 Å². The Balaban J connectivity index is 3.18. The molecule has 2 atom stereocenters. The first-order valence-electron chi connectivity index (χ1n) is 5.22. The maximum atomic E-state index is 13.7. The van der Waals surface area contributed by atoms with E-state index in [0.29, 0.717) is 0 Å². The topological polar surface area (TPSA) is 89.4 Å². The van der Waals surface area contributed by atoms with Gasteiger partial charge >= 0.3 is 0 Å². The molecular formula is C11H15FN2O3. The summed E-state index contributed by atoms with van der Waals surface area (Å²) in [5.74, 6) is -1.39. The summed E-state index contributed by atoms with van der Waals surface area (Å²) in [6, 6.07) is 3.34. The van der Waals surface area contributed by atoms with Crippen molar-refractivity contribution in [2.75, 3.05) is 0 Å². The number of rotatable bonds is 4. The number of non-ortho nitro benzene ring substituents is 1. The van der Waals surface area contributed by atoms with Crippen molar-refractivity contribution < 1.29 is 14.4 Å². The fourth-order valence-corrected chi connectivity index (χ4v) is 1.84. The summed E-state index contributed by atoms with van der Waals surface area (Å²) in [5.41, 5.74) is 5.27. The van der Waals surface area contributed by atoms with Gasteiger partial charge in [-0.25, -0.2) is 4.39 Å². The molecule has 0 heterocycles. The fourth-order valence-electron chi connectivity index (χ4n) is 1.84. The van der Waals surface area contributed by atoms with Crippen molar-refractivity contribution in [3.63, 3.8) is 0 Å². The van der Waals surface area contributed by atoms with Crippen LogP contribution in [0.3, 0.4) is 0 Å². The summed E-state index contributed by atoms with van der Waals surface area (Å²) in [5, 5.41) is 19.9. The Bertz CT molecular complexity index is 413. The Morgan fingerprint density at radius 1 is 1.47 bits per heavy atom. The van der Waals surface area contributed by atoms with Crippen LogP contribution in [0.25, 0.3) is 0 Å². The number of hydrogen-bond acceptors (Lipinski definition) is 4. The smallest absolute Gasteiger partial charge is 0.272 e. The van der Waals surface area contributed by atoms with E-state index >= 15 is 0 Å². The molecule has 0 aromatic heterocycles. The van der Waals surface area contributed by atoms with Gasteiger partial charge in [0.1, 0.15) is 12.0 Å². The van der Waals surface area contributed by atoms with Crippen molar-refractivity contribution in [2.24, 2.45) is 11.7 Å². The van der Waals surface area contributed by atoms with Gasteiger partial charge in [-0.2, -0.15) is 0 Å². The van der Waals surface area contributed by atoms with E-state index in [9.17, 15) is 19.6 Å². The summed E-state index contributed by atoms with van der Waals surface area (Å²) < 4.78 is 13.7. The zero-order valence-corrected chi connectivity index (χ0v) is 9.63. The second-order valence-corrected chi connectivity index (χ2v) is 4.22. The Hall–Kier alpha value is -1.53. The van der Waals surface area contributed by atoms with Crippen LogP contribution in [0.2, 0.25) is 0 Å². The molecule has 1 unspecified atom stereocenters. The lowest BCUT2D eigenvalue weighted by atomic mass is 9.86. The maximum Gasteiger partial charge on any atom is 0.272 e. The van der Waals surface area contributed by atoms with Crippen LogP contribution >= 0.6 is 0 Å². The molecule has 1 aromatic carbocycles. The van der Waals surface area contributed by atoms with E-state index < -0.39 is 22.9 Å². The molecule has 6 heteroatoms. The normalized spacial score (nSPS) is 14.7. The summed E-state index contributed by atoms with van der Waals surface area (Å²) in [6.07, 6.45) is -1.20. The Labute approximate surface area is 98.2 Å². The highest BCUT2D eigenvalue weighted by molar-refractivity contribution is 5.36. The highest BCUT2D eigenvalue weighted by Crippen LogP contribution is 2.30. The van der Waals surface area contributed by atoms with E-state index in [2.05, 4.69) is 0 Å². The predicted molar refractivity (Wildman–Crippen MR) is 60.8 cm³/mol. The number of nitrogens with two attached hydrogens (primary N) is 1. The monoisotopic (exact) mass is 242 g/mol. The van der Waals surface area contributed by atoms with Crippen molar-refractivity contribution >= 4 is 5.69 Å².